The van der Waals surface area contributed by atoms with E-state index < -0.39 is 29.6 Å². The van der Waals surface area contributed by atoms with E-state index in [1.807, 2.05) is 0 Å². The van der Waals surface area contributed by atoms with Crippen LogP contribution in [0.5, 0.6) is 11.5 Å². The minimum atomic E-state index is -2.90. The number of carbonyl (C=O) groups excluding carboxylic acids is 1. The molecule has 0 fully saturated rings. The second kappa shape index (κ2) is 5.43. The van der Waals surface area contributed by atoms with Crippen molar-refractivity contribution in [2.75, 3.05) is 5.32 Å². The summed E-state index contributed by atoms with van der Waals surface area (Å²) in [5.74, 6) is -2.69. The van der Waals surface area contributed by atoms with E-state index in [2.05, 4.69) is 10.4 Å². The van der Waals surface area contributed by atoms with E-state index >= 15 is 0 Å². The largest absolute Gasteiger partial charge is 0.447 e. The molecule has 0 radical (unpaired) electrons. The van der Waals surface area contributed by atoms with Gasteiger partial charge < -0.3 is 14.8 Å². The summed E-state index contributed by atoms with van der Waals surface area (Å²) >= 11 is 0. The number of halogens is 3. The number of nitrogens with one attached hydrogen (secondary N) is 1. The summed E-state index contributed by atoms with van der Waals surface area (Å²) < 4.78 is 51.7. The minimum Gasteiger partial charge on any atom is -0.447 e. The zero-order valence-corrected chi connectivity index (χ0v) is 13.1. The molecule has 1 amide bonds. The van der Waals surface area contributed by atoms with Crippen LogP contribution in [0.2, 0.25) is 0 Å². The highest BCUT2D eigenvalue weighted by Crippen LogP contribution is 2.46. The Kier molecular flexibility index (Phi) is 3.66. The number of alkyl halides is 2. The van der Waals surface area contributed by atoms with Crippen molar-refractivity contribution < 1.29 is 27.4 Å². The van der Waals surface area contributed by atoms with Gasteiger partial charge in [-0.1, -0.05) is 0 Å². The van der Waals surface area contributed by atoms with E-state index in [0.717, 1.165) is 10.7 Å². The fraction of sp³-hybridized carbons (Fsp3) is 0.333. The molecule has 2 aromatic rings. The molecule has 0 bridgehead atoms. The molecule has 9 heteroatoms. The molecule has 6 nitrogen and oxygen atoms in total. The molecule has 128 valence electrons. The molecule has 1 N–H and O–H groups in total. The number of ether oxygens (including phenoxy) is 2. The maximum atomic E-state index is 13.8. The smallest absolute Gasteiger partial charge is 0.282 e. The molecule has 0 saturated carbocycles. The van der Waals surface area contributed by atoms with Crippen LogP contribution in [0.1, 0.15) is 36.3 Å². The summed E-state index contributed by atoms with van der Waals surface area (Å²) in [5.41, 5.74) is -0.791. The van der Waals surface area contributed by atoms with Gasteiger partial charge >= 0.3 is 0 Å². The predicted molar refractivity (Wildman–Crippen MR) is 77.9 cm³/mol. The van der Waals surface area contributed by atoms with E-state index in [-0.39, 0.29) is 22.7 Å². The van der Waals surface area contributed by atoms with Crippen molar-refractivity contribution in [3.63, 3.8) is 0 Å². The maximum absolute atomic E-state index is 13.8. The van der Waals surface area contributed by atoms with Crippen LogP contribution < -0.4 is 14.8 Å². The van der Waals surface area contributed by atoms with Gasteiger partial charge in [-0.2, -0.15) is 5.10 Å². The number of carbonyl (C=O) groups is 1. The third-order valence-corrected chi connectivity index (χ3v) is 3.32. The van der Waals surface area contributed by atoms with E-state index in [1.165, 1.54) is 19.3 Å². The van der Waals surface area contributed by atoms with Crippen LogP contribution in [-0.4, -0.2) is 21.5 Å². The number of hydrogen-bond acceptors (Lipinski definition) is 4. The van der Waals surface area contributed by atoms with Gasteiger partial charge in [0.05, 0.1) is 11.3 Å². The van der Waals surface area contributed by atoms with Crippen LogP contribution in [0.15, 0.2) is 18.3 Å². The van der Waals surface area contributed by atoms with Crippen molar-refractivity contribution in [2.45, 2.75) is 26.1 Å². The lowest BCUT2D eigenvalue weighted by Crippen LogP contribution is -2.30. The molecule has 0 spiro atoms. The van der Waals surface area contributed by atoms with E-state index in [1.54, 1.807) is 13.8 Å². The molecule has 0 saturated heterocycles. The van der Waals surface area contributed by atoms with Crippen LogP contribution in [0.3, 0.4) is 0 Å². The Balaban J connectivity index is 1.94. The molecule has 1 aromatic carbocycles. The lowest BCUT2D eigenvalue weighted by atomic mass is 10.2. The third-order valence-electron chi connectivity index (χ3n) is 3.32. The average molecular weight is 341 g/mol. The van der Waals surface area contributed by atoms with Gasteiger partial charge in [0.15, 0.2) is 11.6 Å². The monoisotopic (exact) mass is 341 g/mol. The Morgan fingerprint density at radius 2 is 1.96 bits per heavy atom. The van der Waals surface area contributed by atoms with Crippen molar-refractivity contribution in [1.82, 2.24) is 9.78 Å². The number of anilines is 1. The summed E-state index contributed by atoms with van der Waals surface area (Å²) in [6.07, 6.45) is -1.72. The summed E-state index contributed by atoms with van der Waals surface area (Å²) in [6, 6.07) is 2.37. The van der Waals surface area contributed by atoms with Gasteiger partial charge in [0, 0.05) is 27.1 Å². The summed E-state index contributed by atoms with van der Waals surface area (Å²) in [4.78, 5) is 12.3. The van der Waals surface area contributed by atoms with E-state index in [0.29, 0.717) is 0 Å². The first-order valence-electron chi connectivity index (χ1n) is 7.01. The molecule has 0 unspecified atom stereocenters. The minimum absolute atomic E-state index is 0.0100. The Bertz CT molecular complexity index is 818. The Morgan fingerprint density at radius 1 is 1.29 bits per heavy atom. The molecule has 2 heterocycles. The van der Waals surface area contributed by atoms with E-state index in [4.69, 9.17) is 9.47 Å². The number of aryl methyl sites for hydroxylation is 1. The number of fused-ring (bicyclic) bond motifs is 1. The van der Waals surface area contributed by atoms with Crippen LogP contribution >= 0.6 is 0 Å². The summed E-state index contributed by atoms with van der Waals surface area (Å²) in [5, 5.41) is 6.01. The number of amides is 1. The van der Waals surface area contributed by atoms with Gasteiger partial charge in [0.2, 0.25) is 11.5 Å². The first-order valence-corrected chi connectivity index (χ1v) is 7.01. The molecule has 24 heavy (non-hydrogen) atoms. The molecule has 3 rings (SSSR count). The van der Waals surface area contributed by atoms with Gasteiger partial charge in [0.25, 0.3) is 12.3 Å². The van der Waals surface area contributed by atoms with Gasteiger partial charge in [-0.15, -0.1) is 0 Å². The fourth-order valence-electron chi connectivity index (χ4n) is 2.38. The number of aromatic nitrogens is 2. The lowest BCUT2D eigenvalue weighted by molar-refractivity contribution is -0.0442. The molecule has 0 atom stereocenters. The second-order valence-corrected chi connectivity index (χ2v) is 5.71. The van der Waals surface area contributed by atoms with Crippen molar-refractivity contribution in [3.8, 4) is 11.5 Å². The summed E-state index contributed by atoms with van der Waals surface area (Å²) in [6.45, 7) is 3.15. The standard InChI is InChI=1S/C15H14F3N3O3/c1-15(2)23-11-8(16)4-5-9(12(11)24-15)19-14(22)7-6-21(3)20-10(7)13(17)18/h4-6,13H,1-3H3,(H,19,22). The molecule has 1 aromatic heterocycles. The highest BCUT2D eigenvalue weighted by Gasteiger charge is 2.36. The quantitative estimate of drug-likeness (QED) is 0.931. The Morgan fingerprint density at radius 3 is 2.62 bits per heavy atom. The zero-order valence-electron chi connectivity index (χ0n) is 13.1. The highest BCUT2D eigenvalue weighted by molar-refractivity contribution is 6.06. The first kappa shape index (κ1) is 16.2. The van der Waals surface area contributed by atoms with Gasteiger partial charge in [0.1, 0.15) is 5.69 Å². The number of rotatable bonds is 3. The van der Waals surface area contributed by atoms with Crippen molar-refractivity contribution in [1.29, 1.82) is 0 Å². The maximum Gasteiger partial charge on any atom is 0.282 e. The molecule has 1 aliphatic heterocycles. The second-order valence-electron chi connectivity index (χ2n) is 5.71. The van der Waals surface area contributed by atoms with Gasteiger partial charge in [-0.05, 0) is 12.1 Å². The highest BCUT2D eigenvalue weighted by atomic mass is 19.3. The SMILES string of the molecule is Cn1cc(C(=O)Nc2ccc(F)c3c2OC(C)(C)O3)c(C(F)F)n1. The third kappa shape index (κ3) is 2.77. The zero-order chi connectivity index (χ0) is 17.6. The van der Waals surface area contributed by atoms with Gasteiger partial charge in [-0.3, -0.25) is 9.48 Å². The van der Waals surface area contributed by atoms with Crippen molar-refractivity contribution in [3.05, 3.63) is 35.4 Å². The van der Waals surface area contributed by atoms with Crippen LogP contribution in [0.4, 0.5) is 18.9 Å². The average Bonchev–Trinajstić information content (AvgIpc) is 3.02. The molecule has 0 aliphatic carbocycles. The number of benzene rings is 1. The van der Waals surface area contributed by atoms with E-state index in [9.17, 15) is 18.0 Å². The first-order chi connectivity index (χ1) is 11.2. The number of nitrogens with zero attached hydrogens (tertiary/aromatic N) is 2. The molecule has 1 aliphatic rings. The Hall–Kier alpha value is -2.71. The van der Waals surface area contributed by atoms with Crippen molar-refractivity contribution in [2.24, 2.45) is 7.05 Å². The van der Waals surface area contributed by atoms with Crippen LogP contribution in [0, 0.1) is 5.82 Å². The molecular formula is C15H14F3N3O3. The van der Waals surface area contributed by atoms with Crippen LogP contribution in [0.25, 0.3) is 0 Å². The Labute approximate surface area is 135 Å². The summed E-state index contributed by atoms with van der Waals surface area (Å²) in [7, 11) is 1.43. The van der Waals surface area contributed by atoms with Crippen molar-refractivity contribution >= 4 is 11.6 Å². The topological polar surface area (TPSA) is 65.4 Å². The fourth-order valence-corrected chi connectivity index (χ4v) is 2.38. The number of hydrogen-bond donors (Lipinski definition) is 1. The predicted octanol–water partition coefficient (Wildman–Crippen LogP) is 3.26. The normalized spacial score (nSPS) is 15.0. The van der Waals surface area contributed by atoms with Crippen LogP contribution in [-0.2, 0) is 7.05 Å². The van der Waals surface area contributed by atoms with Gasteiger partial charge in [-0.25, -0.2) is 13.2 Å². The molecular weight excluding hydrogens is 327 g/mol. The lowest BCUT2D eigenvalue weighted by Gasteiger charge is -2.16.